The molecule has 0 unspecified atom stereocenters. The van der Waals surface area contributed by atoms with E-state index >= 15 is 0 Å². The lowest BCUT2D eigenvalue weighted by Gasteiger charge is -2.29. The predicted octanol–water partition coefficient (Wildman–Crippen LogP) is 5.52. The minimum absolute atomic E-state index is 0.0394. The number of rotatable bonds is 11. The number of hydrogen-bond donors (Lipinski definition) is 1. The average molecular weight is 461 g/mol. The smallest absolute Gasteiger partial charge is 0.242 e. The van der Waals surface area contributed by atoms with Gasteiger partial charge in [0.05, 0.1) is 5.75 Å². The van der Waals surface area contributed by atoms with Crippen LogP contribution in [0.5, 0.6) is 0 Å². The summed E-state index contributed by atoms with van der Waals surface area (Å²) in [5, 5.41) is 3.60. The van der Waals surface area contributed by atoms with E-state index in [4.69, 9.17) is 11.6 Å². The van der Waals surface area contributed by atoms with Crippen LogP contribution in [0.1, 0.15) is 48.9 Å². The van der Waals surface area contributed by atoms with Crippen molar-refractivity contribution >= 4 is 35.2 Å². The standard InChI is InChI=1S/C25H33ClN2O2S/c1-5-6-11-27-25(30)20(4)28(15-21-7-9-23(26)10-8-21)24(29)17-31-16-22-13-18(2)12-19(3)14-22/h7-10,12-14,20H,5-6,11,15-17H2,1-4H3,(H,27,30)/t20-/m0/s1. The molecule has 0 saturated carbocycles. The lowest BCUT2D eigenvalue weighted by atomic mass is 10.1. The van der Waals surface area contributed by atoms with Gasteiger partial charge in [0.1, 0.15) is 6.04 Å². The third-order valence-electron chi connectivity index (χ3n) is 5.04. The predicted molar refractivity (Wildman–Crippen MR) is 131 cm³/mol. The highest BCUT2D eigenvalue weighted by Crippen LogP contribution is 2.19. The van der Waals surface area contributed by atoms with Crippen molar-refractivity contribution in [2.24, 2.45) is 0 Å². The number of nitrogens with zero attached hydrogens (tertiary/aromatic N) is 1. The number of unbranched alkanes of at least 4 members (excludes halogenated alkanes) is 1. The zero-order chi connectivity index (χ0) is 22.8. The van der Waals surface area contributed by atoms with Gasteiger partial charge in [-0.15, -0.1) is 11.8 Å². The summed E-state index contributed by atoms with van der Waals surface area (Å²) < 4.78 is 0. The Morgan fingerprint density at radius 2 is 1.71 bits per heavy atom. The number of hydrogen-bond acceptors (Lipinski definition) is 3. The van der Waals surface area contributed by atoms with Crippen LogP contribution in [-0.4, -0.2) is 35.1 Å². The van der Waals surface area contributed by atoms with E-state index in [0.29, 0.717) is 23.9 Å². The van der Waals surface area contributed by atoms with E-state index in [-0.39, 0.29) is 11.8 Å². The molecule has 0 radical (unpaired) electrons. The number of amides is 2. The van der Waals surface area contributed by atoms with Gasteiger partial charge in [-0.05, 0) is 50.5 Å². The quantitative estimate of drug-likeness (QED) is 0.449. The fourth-order valence-electron chi connectivity index (χ4n) is 3.40. The molecule has 6 heteroatoms. The first-order valence-electron chi connectivity index (χ1n) is 10.8. The summed E-state index contributed by atoms with van der Waals surface area (Å²) in [6.45, 7) is 9.05. The monoisotopic (exact) mass is 460 g/mol. The maximum absolute atomic E-state index is 13.1. The number of nitrogens with one attached hydrogen (secondary N) is 1. The van der Waals surface area contributed by atoms with Crippen molar-refractivity contribution < 1.29 is 9.59 Å². The number of thioether (sulfide) groups is 1. The van der Waals surface area contributed by atoms with Crippen molar-refractivity contribution in [3.63, 3.8) is 0 Å². The van der Waals surface area contributed by atoms with E-state index in [9.17, 15) is 9.59 Å². The Labute approximate surface area is 195 Å². The van der Waals surface area contributed by atoms with Crippen LogP contribution < -0.4 is 5.32 Å². The van der Waals surface area contributed by atoms with Gasteiger partial charge in [-0.2, -0.15) is 0 Å². The van der Waals surface area contributed by atoms with Crippen LogP contribution in [0.2, 0.25) is 5.02 Å². The molecule has 4 nitrogen and oxygen atoms in total. The molecule has 31 heavy (non-hydrogen) atoms. The van der Waals surface area contributed by atoms with E-state index in [1.807, 2.05) is 12.1 Å². The molecule has 0 aliphatic rings. The first kappa shape index (κ1) is 25.3. The van der Waals surface area contributed by atoms with Gasteiger partial charge in [-0.3, -0.25) is 9.59 Å². The van der Waals surface area contributed by atoms with Crippen molar-refractivity contribution in [3.8, 4) is 0 Å². The minimum atomic E-state index is -0.540. The molecular formula is C25H33ClN2O2S. The Morgan fingerprint density at radius 3 is 2.32 bits per heavy atom. The first-order valence-corrected chi connectivity index (χ1v) is 12.3. The van der Waals surface area contributed by atoms with Gasteiger partial charge < -0.3 is 10.2 Å². The van der Waals surface area contributed by atoms with Crippen LogP contribution in [0, 0.1) is 13.8 Å². The van der Waals surface area contributed by atoms with Crippen LogP contribution in [0.25, 0.3) is 0 Å². The van der Waals surface area contributed by atoms with Gasteiger partial charge in [0.25, 0.3) is 0 Å². The molecule has 0 aromatic heterocycles. The molecule has 0 spiro atoms. The van der Waals surface area contributed by atoms with Crippen molar-refractivity contribution in [2.75, 3.05) is 12.3 Å². The molecule has 2 amide bonds. The first-order chi connectivity index (χ1) is 14.8. The second-order valence-electron chi connectivity index (χ2n) is 7.96. The van der Waals surface area contributed by atoms with Crippen LogP contribution in [-0.2, 0) is 21.9 Å². The Balaban J connectivity index is 2.05. The Hall–Kier alpha value is -1.98. The second-order valence-corrected chi connectivity index (χ2v) is 9.38. The van der Waals surface area contributed by atoms with Crippen LogP contribution >= 0.6 is 23.4 Å². The average Bonchev–Trinajstić information content (AvgIpc) is 2.72. The summed E-state index contributed by atoms with van der Waals surface area (Å²) in [4.78, 5) is 27.4. The topological polar surface area (TPSA) is 49.4 Å². The largest absolute Gasteiger partial charge is 0.354 e. The van der Waals surface area contributed by atoms with Crippen molar-refractivity contribution in [2.45, 2.75) is 58.9 Å². The van der Waals surface area contributed by atoms with Crippen LogP contribution in [0.3, 0.4) is 0 Å². The van der Waals surface area contributed by atoms with Gasteiger partial charge in [-0.1, -0.05) is 66.4 Å². The summed E-state index contributed by atoms with van der Waals surface area (Å²) in [5.74, 6) is 0.936. The number of aryl methyl sites for hydroxylation is 2. The number of halogens is 1. The van der Waals surface area contributed by atoms with Crippen LogP contribution in [0.15, 0.2) is 42.5 Å². The summed E-state index contributed by atoms with van der Waals surface area (Å²) >= 11 is 7.58. The zero-order valence-electron chi connectivity index (χ0n) is 18.9. The highest BCUT2D eigenvalue weighted by Gasteiger charge is 2.25. The lowest BCUT2D eigenvalue weighted by Crippen LogP contribution is -2.48. The molecule has 2 aromatic carbocycles. The maximum Gasteiger partial charge on any atom is 0.242 e. The second kappa shape index (κ2) is 12.8. The van der Waals surface area contributed by atoms with Gasteiger partial charge in [0.15, 0.2) is 0 Å². The Bertz CT molecular complexity index is 850. The van der Waals surface area contributed by atoms with E-state index < -0.39 is 6.04 Å². The van der Waals surface area contributed by atoms with E-state index in [1.165, 1.54) is 16.7 Å². The van der Waals surface area contributed by atoms with Gasteiger partial charge in [0, 0.05) is 23.9 Å². The highest BCUT2D eigenvalue weighted by molar-refractivity contribution is 7.99. The maximum atomic E-state index is 13.1. The number of carbonyl (C=O) groups is 2. The number of benzene rings is 2. The third-order valence-corrected chi connectivity index (χ3v) is 6.28. The van der Waals surface area contributed by atoms with Crippen LogP contribution in [0.4, 0.5) is 0 Å². The fourth-order valence-corrected chi connectivity index (χ4v) is 4.37. The zero-order valence-corrected chi connectivity index (χ0v) is 20.5. The Morgan fingerprint density at radius 1 is 1.06 bits per heavy atom. The Kier molecular flexibility index (Phi) is 10.4. The molecule has 0 fully saturated rings. The summed E-state index contributed by atoms with van der Waals surface area (Å²) in [6.07, 6.45) is 1.94. The molecule has 0 aliphatic carbocycles. The summed E-state index contributed by atoms with van der Waals surface area (Å²) in [7, 11) is 0. The molecule has 0 bridgehead atoms. The van der Waals surface area contributed by atoms with Gasteiger partial charge in [0.2, 0.25) is 11.8 Å². The molecule has 2 aromatic rings. The van der Waals surface area contributed by atoms with E-state index in [0.717, 1.165) is 24.2 Å². The summed E-state index contributed by atoms with van der Waals surface area (Å²) in [5.41, 5.74) is 4.61. The molecule has 1 N–H and O–H groups in total. The third kappa shape index (κ3) is 8.58. The summed E-state index contributed by atoms with van der Waals surface area (Å²) in [6, 6.07) is 13.3. The van der Waals surface area contributed by atoms with Gasteiger partial charge >= 0.3 is 0 Å². The highest BCUT2D eigenvalue weighted by atomic mass is 35.5. The molecule has 0 saturated heterocycles. The molecule has 0 aliphatic heterocycles. The van der Waals surface area contributed by atoms with E-state index in [1.54, 1.807) is 35.7 Å². The normalized spacial score (nSPS) is 11.8. The van der Waals surface area contributed by atoms with E-state index in [2.05, 4.69) is 44.3 Å². The van der Waals surface area contributed by atoms with Crippen molar-refractivity contribution in [1.29, 1.82) is 0 Å². The molecule has 0 heterocycles. The SMILES string of the molecule is CCCCNC(=O)[C@H](C)N(Cc1ccc(Cl)cc1)C(=O)CSCc1cc(C)cc(C)c1. The number of carbonyl (C=O) groups excluding carboxylic acids is 2. The molecule has 168 valence electrons. The minimum Gasteiger partial charge on any atom is -0.354 e. The van der Waals surface area contributed by atoms with Gasteiger partial charge in [-0.25, -0.2) is 0 Å². The van der Waals surface area contributed by atoms with Crippen molar-refractivity contribution in [1.82, 2.24) is 10.2 Å². The molecular weight excluding hydrogens is 428 g/mol. The molecule has 2 rings (SSSR count). The van der Waals surface area contributed by atoms with Crippen molar-refractivity contribution in [3.05, 3.63) is 69.7 Å². The fraction of sp³-hybridized carbons (Fsp3) is 0.440. The lowest BCUT2D eigenvalue weighted by molar-refractivity contribution is -0.138. The molecule has 1 atom stereocenters.